The second-order valence-electron chi connectivity index (χ2n) is 4.03. The Hall–Kier alpha value is -0.643. The predicted molar refractivity (Wildman–Crippen MR) is 77.7 cm³/mol. The summed E-state index contributed by atoms with van der Waals surface area (Å²) in [5.41, 5.74) is 0. The standard InChI is InChI=1S/C14H25N2Si/c1-5-15(6-2)17(16(7-3)8-4)14-12-10-9-11-13-14/h9-13H,5-8H2,1-4H3. The van der Waals surface area contributed by atoms with Crippen LogP contribution in [0, 0.1) is 0 Å². The molecule has 0 spiro atoms. The second kappa shape index (κ2) is 7.64. The molecule has 95 valence electrons. The molecule has 1 radical (unpaired) electrons. The van der Waals surface area contributed by atoms with E-state index in [1.165, 1.54) is 5.19 Å². The summed E-state index contributed by atoms with van der Waals surface area (Å²) in [7, 11) is -0.736. The van der Waals surface area contributed by atoms with Gasteiger partial charge in [-0.3, -0.25) is 0 Å². The lowest BCUT2D eigenvalue weighted by Crippen LogP contribution is -2.59. The van der Waals surface area contributed by atoms with E-state index in [1.807, 2.05) is 0 Å². The molecule has 0 heterocycles. The number of nitrogens with zero attached hydrogens (tertiary/aromatic N) is 2. The van der Waals surface area contributed by atoms with Gasteiger partial charge >= 0.3 is 0 Å². The van der Waals surface area contributed by atoms with E-state index in [2.05, 4.69) is 67.2 Å². The molecule has 0 amide bonds. The quantitative estimate of drug-likeness (QED) is 0.683. The lowest BCUT2D eigenvalue weighted by atomic mass is 10.4. The molecule has 0 unspecified atom stereocenters. The predicted octanol–water partition coefficient (Wildman–Crippen LogP) is 2.07. The van der Waals surface area contributed by atoms with Crippen molar-refractivity contribution < 1.29 is 0 Å². The third-order valence-corrected chi connectivity index (χ3v) is 6.47. The molecular formula is C14H25N2Si. The summed E-state index contributed by atoms with van der Waals surface area (Å²) in [6.45, 7) is 13.6. The average Bonchev–Trinajstić information content (AvgIpc) is 2.40. The van der Waals surface area contributed by atoms with Crippen LogP contribution in [0.25, 0.3) is 0 Å². The number of benzene rings is 1. The van der Waals surface area contributed by atoms with Crippen LogP contribution >= 0.6 is 0 Å². The molecule has 0 saturated carbocycles. The van der Waals surface area contributed by atoms with Crippen LogP contribution in [0.15, 0.2) is 30.3 Å². The van der Waals surface area contributed by atoms with Crippen molar-refractivity contribution in [3.05, 3.63) is 30.3 Å². The third-order valence-electron chi connectivity index (χ3n) is 3.16. The highest BCUT2D eigenvalue weighted by Gasteiger charge is 2.26. The summed E-state index contributed by atoms with van der Waals surface area (Å²) < 4.78 is 5.24. The Morgan fingerprint density at radius 1 is 0.765 bits per heavy atom. The Labute approximate surface area is 108 Å². The van der Waals surface area contributed by atoms with Gasteiger partial charge in [-0.25, -0.2) is 0 Å². The van der Waals surface area contributed by atoms with Crippen molar-refractivity contribution >= 4 is 14.3 Å². The smallest absolute Gasteiger partial charge is 0.266 e. The first kappa shape index (κ1) is 14.4. The summed E-state index contributed by atoms with van der Waals surface area (Å²) in [5, 5.41) is 1.50. The fourth-order valence-corrected chi connectivity index (χ4v) is 5.02. The van der Waals surface area contributed by atoms with E-state index in [0.29, 0.717) is 0 Å². The molecule has 0 fully saturated rings. The monoisotopic (exact) mass is 249 g/mol. The van der Waals surface area contributed by atoms with Crippen LogP contribution in [0.1, 0.15) is 27.7 Å². The second-order valence-corrected chi connectivity index (χ2v) is 6.52. The minimum Gasteiger partial charge on any atom is -0.309 e. The van der Waals surface area contributed by atoms with E-state index in [1.54, 1.807) is 0 Å². The van der Waals surface area contributed by atoms with Crippen molar-refractivity contribution in [2.24, 2.45) is 0 Å². The fraction of sp³-hybridized carbons (Fsp3) is 0.571. The van der Waals surface area contributed by atoms with E-state index < -0.39 is 9.12 Å². The highest BCUT2D eigenvalue weighted by atomic mass is 28.3. The zero-order chi connectivity index (χ0) is 12.7. The Kier molecular flexibility index (Phi) is 6.48. The van der Waals surface area contributed by atoms with Gasteiger partial charge in [0.2, 0.25) is 0 Å². The topological polar surface area (TPSA) is 6.48 Å². The first-order chi connectivity index (χ1) is 8.28. The van der Waals surface area contributed by atoms with Crippen molar-refractivity contribution in [1.82, 2.24) is 9.13 Å². The average molecular weight is 249 g/mol. The van der Waals surface area contributed by atoms with Crippen LogP contribution in [-0.4, -0.2) is 44.4 Å². The van der Waals surface area contributed by atoms with E-state index >= 15 is 0 Å². The van der Waals surface area contributed by atoms with Gasteiger partial charge in [0.25, 0.3) is 9.12 Å². The highest BCUT2D eigenvalue weighted by Crippen LogP contribution is 2.03. The molecular weight excluding hydrogens is 224 g/mol. The van der Waals surface area contributed by atoms with Gasteiger partial charge in [-0.1, -0.05) is 58.0 Å². The molecule has 0 aliphatic rings. The van der Waals surface area contributed by atoms with Crippen LogP contribution in [0.5, 0.6) is 0 Å². The molecule has 1 aromatic rings. The first-order valence-electron chi connectivity index (χ1n) is 6.70. The minimum absolute atomic E-state index is 0.736. The van der Waals surface area contributed by atoms with Gasteiger partial charge in [-0.05, 0) is 31.4 Å². The molecule has 0 aliphatic heterocycles. The van der Waals surface area contributed by atoms with Crippen LogP contribution in [0.4, 0.5) is 0 Å². The summed E-state index contributed by atoms with van der Waals surface area (Å²) in [6, 6.07) is 11.0. The van der Waals surface area contributed by atoms with Crippen molar-refractivity contribution in [3.8, 4) is 0 Å². The van der Waals surface area contributed by atoms with Crippen molar-refractivity contribution in [2.75, 3.05) is 26.2 Å². The maximum atomic E-state index is 2.62. The first-order valence-corrected chi connectivity index (χ1v) is 8.10. The zero-order valence-electron chi connectivity index (χ0n) is 11.6. The van der Waals surface area contributed by atoms with Crippen molar-refractivity contribution in [2.45, 2.75) is 27.7 Å². The summed E-state index contributed by atoms with van der Waals surface area (Å²) in [6.07, 6.45) is 0. The van der Waals surface area contributed by atoms with Gasteiger partial charge in [0, 0.05) is 0 Å². The van der Waals surface area contributed by atoms with Crippen molar-refractivity contribution in [1.29, 1.82) is 0 Å². The van der Waals surface area contributed by atoms with Crippen LogP contribution in [-0.2, 0) is 0 Å². The van der Waals surface area contributed by atoms with Gasteiger partial charge in [-0.15, -0.1) is 0 Å². The van der Waals surface area contributed by atoms with Crippen LogP contribution in [0.3, 0.4) is 0 Å². The molecule has 0 N–H and O–H groups in total. The van der Waals surface area contributed by atoms with E-state index in [9.17, 15) is 0 Å². The zero-order valence-corrected chi connectivity index (χ0v) is 12.6. The van der Waals surface area contributed by atoms with Gasteiger partial charge in [0.05, 0.1) is 0 Å². The van der Waals surface area contributed by atoms with Gasteiger partial charge < -0.3 is 9.13 Å². The maximum absolute atomic E-state index is 2.62. The number of hydrogen-bond donors (Lipinski definition) is 0. The molecule has 0 bridgehead atoms. The molecule has 3 heteroatoms. The molecule has 0 aliphatic carbocycles. The minimum atomic E-state index is -0.736. The summed E-state index contributed by atoms with van der Waals surface area (Å²) >= 11 is 0. The van der Waals surface area contributed by atoms with E-state index in [4.69, 9.17) is 0 Å². The summed E-state index contributed by atoms with van der Waals surface area (Å²) in [4.78, 5) is 0. The lowest BCUT2D eigenvalue weighted by molar-refractivity contribution is 0.388. The van der Waals surface area contributed by atoms with Gasteiger partial charge in [0.15, 0.2) is 0 Å². The van der Waals surface area contributed by atoms with Crippen LogP contribution in [0.2, 0.25) is 0 Å². The van der Waals surface area contributed by atoms with E-state index in [-0.39, 0.29) is 0 Å². The molecule has 0 atom stereocenters. The molecule has 0 saturated heterocycles. The number of hydrogen-bond acceptors (Lipinski definition) is 2. The molecule has 1 aromatic carbocycles. The SMILES string of the molecule is CCN(CC)[Si](c1ccccc1)N(CC)CC. The third kappa shape index (κ3) is 3.66. The lowest BCUT2D eigenvalue weighted by Gasteiger charge is -2.35. The molecule has 0 aromatic heterocycles. The Morgan fingerprint density at radius 3 is 1.53 bits per heavy atom. The largest absolute Gasteiger partial charge is 0.309 e. The Morgan fingerprint density at radius 2 is 1.18 bits per heavy atom. The highest BCUT2D eigenvalue weighted by molar-refractivity contribution is 6.68. The van der Waals surface area contributed by atoms with Crippen molar-refractivity contribution in [3.63, 3.8) is 0 Å². The number of rotatable bonds is 7. The Balaban J connectivity index is 3.01. The molecule has 2 nitrogen and oxygen atoms in total. The Bertz CT molecular complexity index is 282. The normalized spacial score (nSPS) is 11.7. The van der Waals surface area contributed by atoms with Gasteiger partial charge in [-0.2, -0.15) is 0 Å². The maximum Gasteiger partial charge on any atom is 0.266 e. The molecule has 1 rings (SSSR count). The van der Waals surface area contributed by atoms with Crippen LogP contribution < -0.4 is 5.19 Å². The summed E-state index contributed by atoms with van der Waals surface area (Å²) in [5.74, 6) is 0. The van der Waals surface area contributed by atoms with E-state index in [0.717, 1.165) is 26.2 Å². The molecule has 17 heavy (non-hydrogen) atoms. The van der Waals surface area contributed by atoms with Gasteiger partial charge in [0.1, 0.15) is 0 Å². The fourth-order valence-electron chi connectivity index (χ4n) is 2.20.